The van der Waals surface area contributed by atoms with Crippen LogP contribution in [0.5, 0.6) is 0 Å². The normalized spacial score (nSPS) is 24.7. The van der Waals surface area contributed by atoms with Crippen LogP contribution < -0.4 is 5.32 Å². The van der Waals surface area contributed by atoms with Gasteiger partial charge in [-0.15, -0.1) is 0 Å². The van der Waals surface area contributed by atoms with E-state index in [2.05, 4.69) is 15.1 Å². The highest BCUT2D eigenvalue weighted by molar-refractivity contribution is 5.91. The largest absolute Gasteiger partial charge is 0.395 e. The van der Waals surface area contributed by atoms with Crippen molar-refractivity contribution in [2.75, 3.05) is 38.1 Å². The molecule has 0 bridgehead atoms. The number of nitrogens with one attached hydrogen (secondary N) is 1. The maximum absolute atomic E-state index is 12.3. The van der Waals surface area contributed by atoms with Crippen molar-refractivity contribution in [3.05, 3.63) is 29.8 Å². The summed E-state index contributed by atoms with van der Waals surface area (Å²) in [5, 5.41) is 12.5. The minimum atomic E-state index is 0.0920. The summed E-state index contributed by atoms with van der Waals surface area (Å²) in [6.07, 6.45) is 5.25. The van der Waals surface area contributed by atoms with Crippen molar-refractivity contribution in [2.24, 2.45) is 0 Å². The smallest absolute Gasteiger partial charge is 0.225 e. The number of aliphatic hydroxyl groups excluding tert-OH is 1. The quantitative estimate of drug-likeness (QED) is 0.796. The van der Waals surface area contributed by atoms with Gasteiger partial charge in [0, 0.05) is 37.3 Å². The first kappa shape index (κ1) is 18.4. The van der Waals surface area contributed by atoms with Crippen LogP contribution in [0, 0.1) is 6.92 Å². The number of hydrogen-bond acceptors (Lipinski definition) is 4. The van der Waals surface area contributed by atoms with Gasteiger partial charge in [0.1, 0.15) is 0 Å². The van der Waals surface area contributed by atoms with Crippen LogP contribution in [0.4, 0.5) is 5.69 Å². The molecular formula is C20H31N3O2. The maximum atomic E-state index is 12.3. The predicted octanol–water partition coefficient (Wildman–Crippen LogP) is 2.24. The van der Waals surface area contributed by atoms with E-state index in [4.69, 9.17) is 0 Å². The Kier molecular flexibility index (Phi) is 6.45. The zero-order chi connectivity index (χ0) is 17.6. The average molecular weight is 345 g/mol. The van der Waals surface area contributed by atoms with Gasteiger partial charge in [-0.25, -0.2) is 0 Å². The van der Waals surface area contributed by atoms with E-state index in [1.54, 1.807) is 0 Å². The second-order valence-corrected chi connectivity index (χ2v) is 7.42. The van der Waals surface area contributed by atoms with Crippen LogP contribution in [0.25, 0.3) is 0 Å². The van der Waals surface area contributed by atoms with E-state index >= 15 is 0 Å². The van der Waals surface area contributed by atoms with Gasteiger partial charge in [-0.1, -0.05) is 18.2 Å². The highest BCUT2D eigenvalue weighted by Crippen LogP contribution is 2.23. The van der Waals surface area contributed by atoms with E-state index in [1.807, 2.05) is 31.2 Å². The van der Waals surface area contributed by atoms with E-state index in [9.17, 15) is 9.90 Å². The third-order valence-corrected chi connectivity index (χ3v) is 5.70. The zero-order valence-electron chi connectivity index (χ0n) is 15.3. The molecule has 2 heterocycles. The molecule has 1 amide bonds. The monoisotopic (exact) mass is 345 g/mol. The molecule has 1 aromatic carbocycles. The highest BCUT2D eigenvalue weighted by atomic mass is 16.3. The maximum Gasteiger partial charge on any atom is 0.225 e. The number of amides is 1. The molecule has 2 saturated heterocycles. The molecule has 138 valence electrons. The first-order chi connectivity index (χ1) is 12.2. The second-order valence-electron chi connectivity index (χ2n) is 7.42. The summed E-state index contributed by atoms with van der Waals surface area (Å²) < 4.78 is 0. The Morgan fingerprint density at radius 3 is 2.64 bits per heavy atom. The topological polar surface area (TPSA) is 55.8 Å². The molecule has 1 aromatic rings. The van der Waals surface area contributed by atoms with E-state index in [0.717, 1.165) is 43.9 Å². The number of benzene rings is 1. The fourth-order valence-corrected chi connectivity index (χ4v) is 4.18. The molecule has 25 heavy (non-hydrogen) atoms. The Hall–Kier alpha value is -1.43. The second kappa shape index (κ2) is 8.79. The minimum absolute atomic E-state index is 0.0920. The fraction of sp³-hybridized carbons (Fsp3) is 0.650. The molecule has 2 aliphatic rings. The molecule has 2 unspecified atom stereocenters. The summed E-state index contributed by atoms with van der Waals surface area (Å²) in [5.41, 5.74) is 2.01. The molecular weight excluding hydrogens is 314 g/mol. The van der Waals surface area contributed by atoms with Gasteiger partial charge in [-0.05, 0) is 57.3 Å². The van der Waals surface area contributed by atoms with Crippen molar-refractivity contribution < 1.29 is 9.90 Å². The molecule has 0 aliphatic carbocycles. The third-order valence-electron chi connectivity index (χ3n) is 5.70. The zero-order valence-corrected chi connectivity index (χ0v) is 15.3. The molecule has 3 rings (SSSR count). The number of nitrogens with zero attached hydrogens (tertiary/aromatic N) is 2. The Balaban J connectivity index is 1.47. The lowest BCUT2D eigenvalue weighted by Gasteiger charge is -2.31. The lowest BCUT2D eigenvalue weighted by Crippen LogP contribution is -2.44. The Bertz CT molecular complexity index is 578. The van der Waals surface area contributed by atoms with Crippen LogP contribution in [0.2, 0.25) is 0 Å². The van der Waals surface area contributed by atoms with Crippen molar-refractivity contribution in [1.29, 1.82) is 0 Å². The number of aryl methyl sites for hydroxylation is 1. The van der Waals surface area contributed by atoms with Gasteiger partial charge in [0.25, 0.3) is 0 Å². The number of aliphatic hydroxyl groups is 1. The molecule has 0 saturated carbocycles. The lowest BCUT2D eigenvalue weighted by molar-refractivity contribution is -0.116. The molecule has 2 aliphatic heterocycles. The number of rotatable bonds is 7. The van der Waals surface area contributed by atoms with Crippen molar-refractivity contribution in [2.45, 2.75) is 51.1 Å². The molecule has 5 nitrogen and oxygen atoms in total. The molecule has 2 atom stereocenters. The first-order valence-corrected chi connectivity index (χ1v) is 9.62. The van der Waals surface area contributed by atoms with Gasteiger partial charge in [-0.3, -0.25) is 14.6 Å². The number of carbonyl (C=O) groups is 1. The SMILES string of the molecule is Cc1ccccc1NC(=O)CCN1CCCC1CN1CCCC1CO. The Morgan fingerprint density at radius 1 is 1.16 bits per heavy atom. The summed E-state index contributed by atoms with van der Waals surface area (Å²) in [6, 6.07) is 8.77. The van der Waals surface area contributed by atoms with Gasteiger partial charge in [-0.2, -0.15) is 0 Å². The van der Waals surface area contributed by atoms with Crippen molar-refractivity contribution in [3.8, 4) is 0 Å². The van der Waals surface area contributed by atoms with Crippen molar-refractivity contribution in [1.82, 2.24) is 9.80 Å². The highest BCUT2D eigenvalue weighted by Gasteiger charge is 2.31. The average Bonchev–Trinajstić information content (AvgIpc) is 3.24. The summed E-state index contributed by atoms with van der Waals surface area (Å²) in [7, 11) is 0. The van der Waals surface area contributed by atoms with E-state index in [0.29, 0.717) is 18.5 Å². The molecule has 0 spiro atoms. The number of para-hydroxylation sites is 1. The third kappa shape index (κ3) is 4.81. The number of likely N-dealkylation sites (tertiary alicyclic amines) is 2. The van der Waals surface area contributed by atoms with E-state index < -0.39 is 0 Å². The standard InChI is InChI=1S/C20H31N3O2/c1-16-6-2-3-9-19(16)21-20(25)10-13-22-11-4-7-17(22)14-23-12-5-8-18(23)15-24/h2-3,6,9,17-18,24H,4-5,7-8,10-15H2,1H3,(H,21,25). The molecule has 0 aromatic heterocycles. The van der Waals surface area contributed by atoms with Crippen molar-refractivity contribution in [3.63, 3.8) is 0 Å². The number of hydrogen-bond donors (Lipinski definition) is 2. The molecule has 2 N–H and O–H groups in total. The molecule has 0 radical (unpaired) electrons. The van der Waals surface area contributed by atoms with E-state index in [-0.39, 0.29) is 12.5 Å². The van der Waals surface area contributed by atoms with Gasteiger partial charge in [0.2, 0.25) is 5.91 Å². The van der Waals surface area contributed by atoms with Gasteiger partial charge < -0.3 is 10.4 Å². The Labute approximate surface area is 151 Å². The van der Waals surface area contributed by atoms with Crippen LogP contribution >= 0.6 is 0 Å². The predicted molar refractivity (Wildman–Crippen MR) is 101 cm³/mol. The van der Waals surface area contributed by atoms with E-state index in [1.165, 1.54) is 19.3 Å². The Morgan fingerprint density at radius 2 is 1.88 bits per heavy atom. The minimum Gasteiger partial charge on any atom is -0.395 e. The number of anilines is 1. The van der Waals surface area contributed by atoms with Crippen LogP contribution in [-0.2, 0) is 4.79 Å². The molecule has 2 fully saturated rings. The van der Waals surface area contributed by atoms with Gasteiger partial charge in [0.15, 0.2) is 0 Å². The fourth-order valence-electron chi connectivity index (χ4n) is 4.18. The summed E-state index contributed by atoms with van der Waals surface area (Å²) in [6.45, 7) is 6.32. The lowest BCUT2D eigenvalue weighted by atomic mass is 10.1. The van der Waals surface area contributed by atoms with Crippen LogP contribution in [-0.4, -0.2) is 65.7 Å². The van der Waals surface area contributed by atoms with Crippen molar-refractivity contribution >= 4 is 11.6 Å². The number of carbonyl (C=O) groups excluding carboxylic acids is 1. The van der Waals surface area contributed by atoms with Gasteiger partial charge in [0.05, 0.1) is 6.61 Å². The summed E-state index contributed by atoms with van der Waals surface area (Å²) in [5.74, 6) is 0.0920. The summed E-state index contributed by atoms with van der Waals surface area (Å²) >= 11 is 0. The van der Waals surface area contributed by atoms with Crippen LogP contribution in [0.15, 0.2) is 24.3 Å². The summed E-state index contributed by atoms with van der Waals surface area (Å²) in [4.78, 5) is 17.2. The van der Waals surface area contributed by atoms with Crippen LogP contribution in [0.1, 0.15) is 37.7 Å². The van der Waals surface area contributed by atoms with Gasteiger partial charge >= 0.3 is 0 Å². The van der Waals surface area contributed by atoms with Crippen LogP contribution in [0.3, 0.4) is 0 Å². The first-order valence-electron chi connectivity index (χ1n) is 9.62. The molecule has 5 heteroatoms.